The number of nitrogens with zero attached hydrogens (tertiary/aromatic N) is 4. The number of aromatic nitrogens is 3. The third kappa shape index (κ3) is 2.67. The molecular weight excluding hydrogens is 343 g/mol. The van der Waals surface area contributed by atoms with E-state index in [1.165, 1.54) is 10.6 Å². The Morgan fingerprint density at radius 1 is 1.36 bits per heavy atom. The Balaban J connectivity index is 2.60. The summed E-state index contributed by atoms with van der Waals surface area (Å²) >= 11 is 6.16. The van der Waals surface area contributed by atoms with Gasteiger partial charge in [-0.15, -0.1) is 0 Å². The molecule has 0 radical (unpaired) electrons. The molecule has 0 amide bonds. The van der Waals surface area contributed by atoms with Gasteiger partial charge in [-0.25, -0.2) is 9.37 Å². The van der Waals surface area contributed by atoms with Crippen LogP contribution in [0.2, 0.25) is 5.02 Å². The molecule has 0 aliphatic carbocycles. The molecule has 0 aromatic carbocycles. The van der Waals surface area contributed by atoms with Crippen molar-refractivity contribution in [3.05, 3.63) is 62.5 Å². The van der Waals surface area contributed by atoms with E-state index in [0.29, 0.717) is 11.4 Å². The van der Waals surface area contributed by atoms with Crippen molar-refractivity contribution >= 4 is 22.6 Å². The normalized spacial score (nSPS) is 11.1. The molecule has 0 bridgehead atoms. The van der Waals surface area contributed by atoms with E-state index < -0.39 is 11.4 Å². The van der Waals surface area contributed by atoms with E-state index in [1.54, 1.807) is 12.3 Å². The second-order valence-electron chi connectivity index (χ2n) is 5.98. The number of rotatable bonds is 2. The van der Waals surface area contributed by atoms with Crippen LogP contribution >= 0.6 is 11.6 Å². The van der Waals surface area contributed by atoms with Crippen molar-refractivity contribution in [2.24, 2.45) is 0 Å². The van der Waals surface area contributed by atoms with Crippen LogP contribution in [0.1, 0.15) is 36.6 Å². The standard InChI is InChI=1S/C18H14ClFN4O/c1-9(2)15-16(10(3)4-5-22-15)24-17-12(6-11(20)8-23-17)14(19)13(7-21)18(24)25/h4-6,8-9H,1-3H3. The minimum absolute atomic E-state index is 0.0264. The molecule has 0 aliphatic rings. The number of hydrogen-bond acceptors (Lipinski definition) is 4. The fraction of sp³-hybridized carbons (Fsp3) is 0.222. The molecule has 0 aliphatic heterocycles. The molecule has 0 atom stereocenters. The molecule has 5 nitrogen and oxygen atoms in total. The van der Waals surface area contributed by atoms with Crippen LogP contribution in [0.25, 0.3) is 16.7 Å². The first-order chi connectivity index (χ1) is 11.9. The number of aryl methyl sites for hydroxylation is 1. The van der Waals surface area contributed by atoms with E-state index in [1.807, 2.05) is 26.8 Å². The average molecular weight is 357 g/mol. The van der Waals surface area contributed by atoms with Gasteiger partial charge in [0.25, 0.3) is 5.56 Å². The molecule has 7 heteroatoms. The Kier molecular flexibility index (Phi) is 4.27. The van der Waals surface area contributed by atoms with Crippen LogP contribution in [0, 0.1) is 24.1 Å². The highest BCUT2D eigenvalue weighted by Crippen LogP contribution is 2.29. The first kappa shape index (κ1) is 17.1. The lowest BCUT2D eigenvalue weighted by Crippen LogP contribution is -2.25. The molecule has 0 saturated heterocycles. The van der Waals surface area contributed by atoms with Crippen molar-refractivity contribution < 1.29 is 4.39 Å². The summed E-state index contributed by atoms with van der Waals surface area (Å²) in [5.41, 5.74) is 1.35. The van der Waals surface area contributed by atoms with Crippen LogP contribution in [0.4, 0.5) is 4.39 Å². The molecule has 3 aromatic heterocycles. The van der Waals surface area contributed by atoms with Crippen LogP contribution in [0.15, 0.2) is 29.3 Å². The molecule has 3 heterocycles. The van der Waals surface area contributed by atoms with Gasteiger partial charge in [0, 0.05) is 11.6 Å². The Morgan fingerprint density at radius 2 is 2.08 bits per heavy atom. The maximum Gasteiger partial charge on any atom is 0.276 e. The zero-order chi connectivity index (χ0) is 18.3. The fourth-order valence-corrected chi connectivity index (χ4v) is 3.06. The summed E-state index contributed by atoms with van der Waals surface area (Å²) in [6, 6.07) is 4.75. The topological polar surface area (TPSA) is 71.6 Å². The molecule has 3 rings (SSSR count). The summed E-state index contributed by atoms with van der Waals surface area (Å²) in [5.74, 6) is -0.575. The number of hydrogen-bond donors (Lipinski definition) is 0. The predicted molar refractivity (Wildman–Crippen MR) is 93.6 cm³/mol. The van der Waals surface area contributed by atoms with E-state index in [2.05, 4.69) is 9.97 Å². The second kappa shape index (κ2) is 6.26. The predicted octanol–water partition coefficient (Wildman–Crippen LogP) is 3.88. The van der Waals surface area contributed by atoms with E-state index in [4.69, 9.17) is 11.6 Å². The van der Waals surface area contributed by atoms with Gasteiger partial charge in [-0.3, -0.25) is 14.3 Å². The van der Waals surface area contributed by atoms with Gasteiger partial charge in [0.2, 0.25) is 0 Å². The van der Waals surface area contributed by atoms with Crippen molar-refractivity contribution in [3.8, 4) is 11.8 Å². The number of halogens is 2. The Hall–Kier alpha value is -2.78. The lowest BCUT2D eigenvalue weighted by Gasteiger charge is -2.18. The number of nitriles is 1. The largest absolute Gasteiger partial charge is 0.276 e. The van der Waals surface area contributed by atoms with Crippen LogP contribution in [0.3, 0.4) is 0 Å². The summed E-state index contributed by atoms with van der Waals surface area (Å²) in [5, 5.41) is 9.48. The third-order valence-electron chi connectivity index (χ3n) is 3.95. The van der Waals surface area contributed by atoms with Crippen molar-refractivity contribution in [2.75, 3.05) is 0 Å². The first-order valence-electron chi connectivity index (χ1n) is 7.62. The average Bonchev–Trinajstić information content (AvgIpc) is 2.57. The third-order valence-corrected chi connectivity index (χ3v) is 4.35. The summed E-state index contributed by atoms with van der Waals surface area (Å²) in [6.07, 6.45) is 2.68. The van der Waals surface area contributed by atoms with Gasteiger partial charge in [-0.2, -0.15) is 5.26 Å². The van der Waals surface area contributed by atoms with Crippen LogP contribution < -0.4 is 5.56 Å². The monoisotopic (exact) mass is 356 g/mol. The van der Waals surface area contributed by atoms with Gasteiger partial charge < -0.3 is 0 Å². The van der Waals surface area contributed by atoms with Gasteiger partial charge in [0.05, 0.1) is 22.6 Å². The molecule has 126 valence electrons. The molecule has 0 fully saturated rings. The van der Waals surface area contributed by atoms with Crippen molar-refractivity contribution in [1.82, 2.24) is 14.5 Å². The quantitative estimate of drug-likeness (QED) is 0.698. The van der Waals surface area contributed by atoms with Crippen LogP contribution in [0.5, 0.6) is 0 Å². The van der Waals surface area contributed by atoms with Crippen LogP contribution in [-0.4, -0.2) is 14.5 Å². The number of fused-ring (bicyclic) bond motifs is 1. The lowest BCUT2D eigenvalue weighted by molar-refractivity contribution is 0.623. The molecule has 3 aromatic rings. The lowest BCUT2D eigenvalue weighted by atomic mass is 10.0. The zero-order valence-corrected chi connectivity index (χ0v) is 14.6. The van der Waals surface area contributed by atoms with E-state index in [-0.39, 0.29) is 27.5 Å². The minimum atomic E-state index is -0.601. The summed E-state index contributed by atoms with van der Waals surface area (Å²) < 4.78 is 15.0. The Morgan fingerprint density at radius 3 is 2.72 bits per heavy atom. The van der Waals surface area contributed by atoms with Gasteiger partial charge in [0.1, 0.15) is 23.1 Å². The highest BCUT2D eigenvalue weighted by atomic mass is 35.5. The number of pyridine rings is 3. The Labute approximate surface area is 148 Å². The van der Waals surface area contributed by atoms with E-state index in [0.717, 1.165) is 11.8 Å². The summed E-state index contributed by atoms with van der Waals surface area (Å²) in [7, 11) is 0. The zero-order valence-electron chi connectivity index (χ0n) is 13.8. The molecule has 0 unspecified atom stereocenters. The van der Waals surface area contributed by atoms with E-state index >= 15 is 0 Å². The second-order valence-corrected chi connectivity index (χ2v) is 6.36. The van der Waals surface area contributed by atoms with E-state index in [9.17, 15) is 14.4 Å². The highest BCUT2D eigenvalue weighted by molar-refractivity contribution is 6.36. The van der Waals surface area contributed by atoms with Gasteiger partial charge in [0.15, 0.2) is 0 Å². The van der Waals surface area contributed by atoms with Crippen molar-refractivity contribution in [2.45, 2.75) is 26.7 Å². The van der Waals surface area contributed by atoms with Gasteiger partial charge >= 0.3 is 0 Å². The molecule has 0 saturated carbocycles. The fourth-order valence-electron chi connectivity index (χ4n) is 2.80. The highest BCUT2D eigenvalue weighted by Gasteiger charge is 2.22. The Bertz CT molecular complexity index is 1100. The summed E-state index contributed by atoms with van der Waals surface area (Å²) in [4.78, 5) is 21.4. The maximum atomic E-state index is 13.7. The minimum Gasteiger partial charge on any atom is -0.267 e. The summed E-state index contributed by atoms with van der Waals surface area (Å²) in [6.45, 7) is 5.74. The molecule has 0 N–H and O–H groups in total. The van der Waals surface area contributed by atoms with Crippen LogP contribution in [-0.2, 0) is 0 Å². The van der Waals surface area contributed by atoms with Crippen molar-refractivity contribution in [1.29, 1.82) is 5.26 Å². The van der Waals surface area contributed by atoms with Gasteiger partial charge in [-0.1, -0.05) is 25.4 Å². The SMILES string of the molecule is Cc1ccnc(C(C)C)c1-n1c(=O)c(C#N)c(Cl)c2cc(F)cnc21. The van der Waals surface area contributed by atoms with Crippen molar-refractivity contribution in [3.63, 3.8) is 0 Å². The van der Waals surface area contributed by atoms with Gasteiger partial charge in [-0.05, 0) is 30.5 Å². The first-order valence-corrected chi connectivity index (χ1v) is 8.00. The molecule has 25 heavy (non-hydrogen) atoms. The maximum absolute atomic E-state index is 13.7. The smallest absolute Gasteiger partial charge is 0.267 e. The molecule has 0 spiro atoms. The molecular formula is C18H14ClFN4O.